The van der Waals surface area contributed by atoms with Gasteiger partial charge in [0.15, 0.2) is 0 Å². The van der Waals surface area contributed by atoms with E-state index in [2.05, 4.69) is 11.4 Å². The van der Waals surface area contributed by atoms with Crippen LogP contribution < -0.4 is 5.32 Å². The first kappa shape index (κ1) is 6.92. The zero-order valence-corrected chi connectivity index (χ0v) is 6.55. The third-order valence-corrected chi connectivity index (χ3v) is 2.24. The molecule has 2 rings (SSSR count). The molecule has 1 aromatic heterocycles. The van der Waals surface area contributed by atoms with E-state index in [4.69, 9.17) is 4.42 Å². The van der Waals surface area contributed by atoms with Gasteiger partial charge in [0, 0.05) is 12.5 Å². The molecule has 60 valence electrons. The summed E-state index contributed by atoms with van der Waals surface area (Å²) < 4.78 is 5.33. The standard InChI is InChI=1S/C9H13NO/c1-3-8(7-10-5-1)9-4-2-6-11-9/h2,4,6,8,10H,1,3,5,7H2. The van der Waals surface area contributed by atoms with Crippen LogP contribution in [0.25, 0.3) is 0 Å². The molecule has 0 saturated carbocycles. The van der Waals surface area contributed by atoms with Crippen molar-refractivity contribution in [2.75, 3.05) is 13.1 Å². The topological polar surface area (TPSA) is 25.2 Å². The summed E-state index contributed by atoms with van der Waals surface area (Å²) in [7, 11) is 0. The van der Waals surface area contributed by atoms with Gasteiger partial charge in [0.2, 0.25) is 0 Å². The smallest absolute Gasteiger partial charge is 0.108 e. The quantitative estimate of drug-likeness (QED) is 0.661. The second-order valence-corrected chi connectivity index (χ2v) is 3.06. The molecule has 1 N–H and O–H groups in total. The van der Waals surface area contributed by atoms with Crippen LogP contribution in [0.2, 0.25) is 0 Å². The van der Waals surface area contributed by atoms with Crippen molar-refractivity contribution in [2.45, 2.75) is 18.8 Å². The molecule has 2 heterocycles. The summed E-state index contributed by atoms with van der Waals surface area (Å²) in [6.07, 6.45) is 4.29. The Morgan fingerprint density at radius 3 is 3.18 bits per heavy atom. The van der Waals surface area contributed by atoms with Crippen LogP contribution in [0.5, 0.6) is 0 Å². The molecule has 1 unspecified atom stereocenters. The van der Waals surface area contributed by atoms with E-state index in [1.165, 1.54) is 12.8 Å². The Morgan fingerprint density at radius 1 is 1.55 bits per heavy atom. The summed E-state index contributed by atoms with van der Waals surface area (Å²) in [6.45, 7) is 2.24. The molecule has 1 aromatic rings. The van der Waals surface area contributed by atoms with E-state index in [9.17, 15) is 0 Å². The Bertz CT molecular complexity index is 199. The zero-order valence-electron chi connectivity index (χ0n) is 6.55. The fraction of sp³-hybridized carbons (Fsp3) is 0.556. The molecular formula is C9H13NO. The first-order valence-corrected chi connectivity index (χ1v) is 4.21. The fourth-order valence-corrected chi connectivity index (χ4v) is 1.62. The molecular weight excluding hydrogens is 138 g/mol. The minimum Gasteiger partial charge on any atom is -0.469 e. The Balaban J connectivity index is 2.04. The van der Waals surface area contributed by atoms with Gasteiger partial charge in [-0.05, 0) is 31.5 Å². The van der Waals surface area contributed by atoms with Crippen LogP contribution in [0, 0.1) is 0 Å². The van der Waals surface area contributed by atoms with Gasteiger partial charge in [0.25, 0.3) is 0 Å². The van der Waals surface area contributed by atoms with Crippen LogP contribution >= 0.6 is 0 Å². The maximum Gasteiger partial charge on any atom is 0.108 e. The maximum absolute atomic E-state index is 5.33. The predicted octanol–water partition coefficient (Wildman–Crippen LogP) is 1.75. The summed E-state index contributed by atoms with van der Waals surface area (Å²) in [5, 5.41) is 3.36. The average Bonchev–Trinajstić information content (AvgIpc) is 2.58. The second kappa shape index (κ2) is 3.09. The van der Waals surface area contributed by atoms with E-state index in [0.717, 1.165) is 18.8 Å². The van der Waals surface area contributed by atoms with E-state index in [1.807, 2.05) is 6.07 Å². The first-order valence-electron chi connectivity index (χ1n) is 4.21. The Kier molecular flexibility index (Phi) is 1.95. The normalized spacial score (nSPS) is 25.3. The van der Waals surface area contributed by atoms with Gasteiger partial charge in [-0.1, -0.05) is 0 Å². The molecule has 0 aliphatic carbocycles. The highest BCUT2D eigenvalue weighted by molar-refractivity contribution is 5.06. The van der Waals surface area contributed by atoms with Crippen molar-refractivity contribution >= 4 is 0 Å². The number of hydrogen-bond donors (Lipinski definition) is 1. The highest BCUT2D eigenvalue weighted by Gasteiger charge is 2.16. The minimum absolute atomic E-state index is 0.610. The van der Waals surface area contributed by atoms with E-state index < -0.39 is 0 Å². The summed E-state index contributed by atoms with van der Waals surface area (Å²) in [5.74, 6) is 1.75. The molecule has 2 heteroatoms. The van der Waals surface area contributed by atoms with Crippen LogP contribution in [0.15, 0.2) is 22.8 Å². The molecule has 2 nitrogen and oxygen atoms in total. The molecule has 1 aliphatic heterocycles. The molecule has 1 fully saturated rings. The van der Waals surface area contributed by atoms with E-state index in [0.29, 0.717) is 5.92 Å². The van der Waals surface area contributed by atoms with Gasteiger partial charge < -0.3 is 9.73 Å². The van der Waals surface area contributed by atoms with Gasteiger partial charge >= 0.3 is 0 Å². The van der Waals surface area contributed by atoms with Gasteiger partial charge in [-0.25, -0.2) is 0 Å². The lowest BCUT2D eigenvalue weighted by atomic mass is 9.97. The van der Waals surface area contributed by atoms with Crippen molar-refractivity contribution in [1.29, 1.82) is 0 Å². The van der Waals surface area contributed by atoms with Crippen molar-refractivity contribution in [2.24, 2.45) is 0 Å². The van der Waals surface area contributed by atoms with Crippen LogP contribution in [0.4, 0.5) is 0 Å². The van der Waals surface area contributed by atoms with Crippen LogP contribution in [0.1, 0.15) is 24.5 Å². The molecule has 0 spiro atoms. The molecule has 1 aliphatic rings. The van der Waals surface area contributed by atoms with Gasteiger partial charge in [-0.15, -0.1) is 0 Å². The van der Waals surface area contributed by atoms with Crippen LogP contribution in [-0.2, 0) is 0 Å². The fourth-order valence-electron chi connectivity index (χ4n) is 1.62. The molecule has 0 aromatic carbocycles. The lowest BCUT2D eigenvalue weighted by Gasteiger charge is -2.20. The SMILES string of the molecule is c1coc(C2CCCNC2)c1. The zero-order chi connectivity index (χ0) is 7.52. The average molecular weight is 151 g/mol. The molecule has 0 radical (unpaired) electrons. The maximum atomic E-state index is 5.33. The molecule has 1 atom stereocenters. The van der Waals surface area contributed by atoms with Crippen molar-refractivity contribution in [1.82, 2.24) is 5.32 Å². The molecule has 1 saturated heterocycles. The van der Waals surface area contributed by atoms with Gasteiger partial charge in [0.1, 0.15) is 5.76 Å². The highest BCUT2D eigenvalue weighted by Crippen LogP contribution is 2.22. The van der Waals surface area contributed by atoms with Gasteiger partial charge in [0.05, 0.1) is 6.26 Å². The van der Waals surface area contributed by atoms with Gasteiger partial charge in [-0.2, -0.15) is 0 Å². The van der Waals surface area contributed by atoms with E-state index in [-0.39, 0.29) is 0 Å². The lowest BCUT2D eigenvalue weighted by Crippen LogP contribution is -2.28. The summed E-state index contributed by atoms with van der Waals surface area (Å²) >= 11 is 0. The third kappa shape index (κ3) is 1.46. The highest BCUT2D eigenvalue weighted by atomic mass is 16.3. The summed E-state index contributed by atoms with van der Waals surface area (Å²) in [6, 6.07) is 4.03. The summed E-state index contributed by atoms with van der Waals surface area (Å²) in [5.41, 5.74) is 0. The first-order chi connectivity index (χ1) is 5.47. The largest absolute Gasteiger partial charge is 0.469 e. The van der Waals surface area contributed by atoms with Crippen molar-refractivity contribution in [3.8, 4) is 0 Å². The number of furan rings is 1. The Morgan fingerprint density at radius 2 is 2.55 bits per heavy atom. The van der Waals surface area contributed by atoms with E-state index >= 15 is 0 Å². The summed E-state index contributed by atoms with van der Waals surface area (Å²) in [4.78, 5) is 0. The number of piperidine rings is 1. The van der Waals surface area contributed by atoms with E-state index in [1.54, 1.807) is 6.26 Å². The van der Waals surface area contributed by atoms with Crippen LogP contribution in [0.3, 0.4) is 0 Å². The Hall–Kier alpha value is -0.760. The number of rotatable bonds is 1. The predicted molar refractivity (Wildman–Crippen MR) is 43.6 cm³/mol. The Labute approximate surface area is 66.6 Å². The van der Waals surface area contributed by atoms with Crippen molar-refractivity contribution < 1.29 is 4.42 Å². The number of hydrogen-bond acceptors (Lipinski definition) is 2. The van der Waals surface area contributed by atoms with Crippen molar-refractivity contribution in [3.63, 3.8) is 0 Å². The molecule has 0 bridgehead atoms. The molecule has 0 amide bonds. The second-order valence-electron chi connectivity index (χ2n) is 3.06. The number of nitrogens with one attached hydrogen (secondary N) is 1. The van der Waals surface area contributed by atoms with Crippen LogP contribution in [-0.4, -0.2) is 13.1 Å². The van der Waals surface area contributed by atoms with Crippen molar-refractivity contribution in [3.05, 3.63) is 24.2 Å². The third-order valence-electron chi connectivity index (χ3n) is 2.24. The minimum atomic E-state index is 0.610. The molecule has 11 heavy (non-hydrogen) atoms. The monoisotopic (exact) mass is 151 g/mol. The van der Waals surface area contributed by atoms with Gasteiger partial charge in [-0.3, -0.25) is 0 Å². The lowest BCUT2D eigenvalue weighted by molar-refractivity contribution is 0.388.